The number of methoxy groups -OCH3 is 1. The van der Waals surface area contributed by atoms with Crippen LogP contribution in [0.15, 0.2) is 48.8 Å². The average molecular weight is 492 g/mol. The number of nitrogen functional groups attached to an aromatic ring is 1. The summed E-state index contributed by atoms with van der Waals surface area (Å²) >= 11 is 0. The van der Waals surface area contributed by atoms with Gasteiger partial charge in [-0.05, 0) is 55.7 Å². The van der Waals surface area contributed by atoms with Crippen LogP contribution in [0.25, 0.3) is 22.3 Å². The molecule has 1 aliphatic carbocycles. The van der Waals surface area contributed by atoms with Crippen LogP contribution in [0.5, 0.6) is 17.2 Å². The third-order valence-electron chi connectivity index (χ3n) is 6.30. The van der Waals surface area contributed by atoms with Gasteiger partial charge >= 0.3 is 5.97 Å². The topological polar surface area (TPSA) is 114 Å². The lowest BCUT2D eigenvalue weighted by atomic mass is 9.93. The first-order valence-corrected chi connectivity index (χ1v) is 11.7. The van der Waals surface area contributed by atoms with E-state index in [-0.39, 0.29) is 29.6 Å². The van der Waals surface area contributed by atoms with Gasteiger partial charge in [0.25, 0.3) is 0 Å². The molecule has 2 aromatic heterocycles. The fourth-order valence-corrected chi connectivity index (χ4v) is 4.67. The van der Waals surface area contributed by atoms with Gasteiger partial charge in [-0.15, -0.1) is 0 Å². The molecule has 2 heterocycles. The summed E-state index contributed by atoms with van der Waals surface area (Å²) in [6.07, 6.45) is 4.54. The highest BCUT2D eigenvalue weighted by atomic mass is 19.1. The zero-order chi connectivity index (χ0) is 25.2. The number of nitrogens with two attached hydrogens (primary N) is 1. The number of nitrogens with zero attached hydrogens (tertiary/aromatic N) is 4. The van der Waals surface area contributed by atoms with E-state index < -0.39 is 5.82 Å². The van der Waals surface area contributed by atoms with E-state index in [1.807, 2.05) is 16.8 Å². The molecule has 1 saturated carbocycles. The minimum absolute atomic E-state index is 0.00675. The monoisotopic (exact) mass is 491 g/mol. The molecule has 1 fully saturated rings. The molecule has 2 aromatic carbocycles. The maximum Gasteiger partial charge on any atom is 0.302 e. The SMILES string of the molecule is COc1cccc(Oc2ccc(-c3nn([C@@H]4CCC[C@@H](OC(C)=O)C4)c4ncnc(N)c34)cc2)c1F. The molecule has 0 radical (unpaired) electrons. The third-order valence-corrected chi connectivity index (χ3v) is 6.30. The highest BCUT2D eigenvalue weighted by molar-refractivity contribution is 5.98. The summed E-state index contributed by atoms with van der Waals surface area (Å²) in [6.45, 7) is 1.43. The fourth-order valence-electron chi connectivity index (χ4n) is 4.67. The Bertz CT molecular complexity index is 1410. The van der Waals surface area contributed by atoms with Gasteiger partial charge in [-0.2, -0.15) is 9.49 Å². The van der Waals surface area contributed by atoms with Crippen molar-refractivity contribution in [2.45, 2.75) is 44.8 Å². The van der Waals surface area contributed by atoms with Crippen molar-refractivity contribution in [3.8, 4) is 28.5 Å². The number of hydrogen-bond acceptors (Lipinski definition) is 8. The summed E-state index contributed by atoms with van der Waals surface area (Å²) in [5, 5.41) is 5.54. The van der Waals surface area contributed by atoms with E-state index >= 15 is 0 Å². The van der Waals surface area contributed by atoms with E-state index in [0.29, 0.717) is 34.7 Å². The summed E-state index contributed by atoms with van der Waals surface area (Å²) in [5.41, 5.74) is 8.30. The number of benzene rings is 2. The predicted molar refractivity (Wildman–Crippen MR) is 131 cm³/mol. The van der Waals surface area contributed by atoms with Crippen LogP contribution in [-0.4, -0.2) is 38.9 Å². The molecule has 4 aromatic rings. The van der Waals surface area contributed by atoms with Gasteiger partial charge in [0.15, 0.2) is 17.1 Å². The van der Waals surface area contributed by atoms with Crippen LogP contribution in [0.1, 0.15) is 38.6 Å². The number of rotatable bonds is 6. The summed E-state index contributed by atoms with van der Waals surface area (Å²) in [5.74, 6) is 0.0970. The number of halogens is 1. The fraction of sp³-hybridized carbons (Fsp3) is 0.308. The smallest absolute Gasteiger partial charge is 0.302 e. The van der Waals surface area contributed by atoms with Crippen LogP contribution in [-0.2, 0) is 9.53 Å². The summed E-state index contributed by atoms with van der Waals surface area (Å²) in [4.78, 5) is 20.1. The summed E-state index contributed by atoms with van der Waals surface area (Å²) < 4.78 is 32.6. The lowest BCUT2D eigenvalue weighted by Crippen LogP contribution is -2.27. The molecule has 2 N–H and O–H groups in total. The zero-order valence-electron chi connectivity index (χ0n) is 20.0. The van der Waals surface area contributed by atoms with Crippen LogP contribution in [0.3, 0.4) is 0 Å². The Morgan fingerprint density at radius 1 is 1.11 bits per heavy atom. The quantitative estimate of drug-likeness (QED) is 0.372. The van der Waals surface area contributed by atoms with E-state index in [9.17, 15) is 9.18 Å². The van der Waals surface area contributed by atoms with Gasteiger partial charge in [-0.25, -0.2) is 14.6 Å². The van der Waals surface area contributed by atoms with Gasteiger partial charge < -0.3 is 19.9 Å². The maximum atomic E-state index is 14.5. The minimum atomic E-state index is -0.571. The number of fused-ring (bicyclic) bond motifs is 1. The molecule has 0 aliphatic heterocycles. The zero-order valence-corrected chi connectivity index (χ0v) is 20.0. The first-order chi connectivity index (χ1) is 17.4. The average Bonchev–Trinajstić information content (AvgIpc) is 3.27. The molecule has 9 nitrogen and oxygen atoms in total. The van der Waals surface area contributed by atoms with Crippen molar-refractivity contribution >= 4 is 22.8 Å². The molecule has 36 heavy (non-hydrogen) atoms. The Balaban J connectivity index is 1.47. The van der Waals surface area contributed by atoms with Crippen molar-refractivity contribution in [1.82, 2.24) is 19.7 Å². The second-order valence-electron chi connectivity index (χ2n) is 8.70. The Morgan fingerprint density at radius 3 is 2.64 bits per heavy atom. The van der Waals surface area contributed by atoms with E-state index in [1.54, 1.807) is 18.2 Å². The number of carbonyl (C=O) groups is 1. The predicted octanol–water partition coefficient (Wildman–Crippen LogP) is 5.06. The molecule has 0 saturated heterocycles. The molecular weight excluding hydrogens is 465 g/mol. The molecule has 0 unspecified atom stereocenters. The van der Waals surface area contributed by atoms with Crippen LogP contribution in [0.4, 0.5) is 10.2 Å². The Morgan fingerprint density at radius 2 is 1.89 bits per heavy atom. The number of ether oxygens (including phenoxy) is 3. The maximum absolute atomic E-state index is 14.5. The van der Waals surface area contributed by atoms with Crippen LogP contribution in [0.2, 0.25) is 0 Å². The minimum Gasteiger partial charge on any atom is -0.494 e. The molecule has 0 bridgehead atoms. The van der Waals surface area contributed by atoms with Crippen LogP contribution < -0.4 is 15.2 Å². The van der Waals surface area contributed by atoms with Crippen LogP contribution >= 0.6 is 0 Å². The van der Waals surface area contributed by atoms with E-state index in [4.69, 9.17) is 25.0 Å². The Labute approximate surface area is 207 Å². The Hall–Kier alpha value is -4.21. The normalized spacial score (nSPS) is 17.6. The van der Waals surface area contributed by atoms with Crippen molar-refractivity contribution in [3.63, 3.8) is 0 Å². The van der Waals surface area contributed by atoms with Crippen molar-refractivity contribution in [1.29, 1.82) is 0 Å². The molecule has 5 rings (SSSR count). The van der Waals surface area contributed by atoms with Gasteiger partial charge in [0.05, 0.1) is 18.5 Å². The van der Waals surface area contributed by atoms with Gasteiger partial charge in [0.1, 0.15) is 29.7 Å². The molecule has 186 valence electrons. The van der Waals surface area contributed by atoms with Crippen molar-refractivity contribution in [2.24, 2.45) is 0 Å². The molecule has 0 spiro atoms. The lowest BCUT2D eigenvalue weighted by Gasteiger charge is -2.28. The second kappa shape index (κ2) is 9.80. The highest BCUT2D eigenvalue weighted by Crippen LogP contribution is 2.37. The number of carbonyl (C=O) groups excluding carboxylic acids is 1. The highest BCUT2D eigenvalue weighted by Gasteiger charge is 2.29. The first-order valence-electron chi connectivity index (χ1n) is 11.7. The van der Waals surface area contributed by atoms with Crippen molar-refractivity contribution in [2.75, 3.05) is 12.8 Å². The molecular formula is C26H26FN5O4. The number of esters is 1. The van der Waals surface area contributed by atoms with Crippen LogP contribution in [0, 0.1) is 5.82 Å². The first kappa shape index (κ1) is 23.5. The number of aromatic nitrogens is 4. The lowest BCUT2D eigenvalue weighted by molar-refractivity contribution is -0.148. The largest absolute Gasteiger partial charge is 0.494 e. The molecule has 2 atom stereocenters. The van der Waals surface area contributed by atoms with Gasteiger partial charge in [0, 0.05) is 18.9 Å². The van der Waals surface area contributed by atoms with Gasteiger partial charge in [-0.1, -0.05) is 6.07 Å². The summed E-state index contributed by atoms with van der Waals surface area (Å²) in [6, 6.07) is 11.8. The van der Waals surface area contributed by atoms with Crippen molar-refractivity contribution < 1.29 is 23.4 Å². The summed E-state index contributed by atoms with van der Waals surface area (Å²) in [7, 11) is 1.40. The molecule has 1 aliphatic rings. The number of hydrogen-bond donors (Lipinski definition) is 1. The van der Waals surface area contributed by atoms with E-state index in [2.05, 4.69) is 9.97 Å². The Kier molecular flexibility index (Phi) is 6.41. The van der Waals surface area contributed by atoms with Gasteiger partial charge in [-0.3, -0.25) is 4.79 Å². The van der Waals surface area contributed by atoms with E-state index in [1.165, 1.54) is 32.5 Å². The third kappa shape index (κ3) is 4.53. The van der Waals surface area contributed by atoms with Gasteiger partial charge in [0.2, 0.25) is 5.82 Å². The standard InChI is InChI=1S/C26H26FN5O4/c1-15(33)35-19-6-3-5-17(13-19)32-26-22(25(28)29-14-30-26)24(31-32)16-9-11-18(12-10-16)36-21-8-4-7-20(34-2)23(21)27/h4,7-12,14,17,19H,3,5-6,13H2,1-2H3,(H2,28,29,30)/t17-,19-/m1/s1. The number of anilines is 1. The van der Waals surface area contributed by atoms with Crippen molar-refractivity contribution in [3.05, 3.63) is 54.6 Å². The van der Waals surface area contributed by atoms with E-state index in [0.717, 1.165) is 24.8 Å². The second-order valence-corrected chi connectivity index (χ2v) is 8.70. The molecule has 10 heteroatoms. The molecule has 0 amide bonds.